The molecule has 304 valence electrons. The quantitative estimate of drug-likeness (QED) is 0.0508. The van der Waals surface area contributed by atoms with Crippen molar-refractivity contribution in [2.75, 3.05) is 37.0 Å². The van der Waals surface area contributed by atoms with Crippen LogP contribution in [0.5, 0.6) is 0 Å². The zero-order chi connectivity index (χ0) is 38.5. The van der Waals surface area contributed by atoms with Gasteiger partial charge in [0.15, 0.2) is 0 Å². The Morgan fingerprint density at radius 2 is 0.540 bits per heavy atom. The first-order valence-corrected chi connectivity index (χ1v) is 26.6. The third kappa shape index (κ3) is 41.6. The Kier molecular flexibility index (Phi) is 34.0. The van der Waals surface area contributed by atoms with Crippen molar-refractivity contribution in [3.05, 3.63) is 0 Å². The van der Waals surface area contributed by atoms with Crippen molar-refractivity contribution < 1.29 is 0 Å². The van der Waals surface area contributed by atoms with Crippen LogP contribution in [0.25, 0.3) is 0 Å². The van der Waals surface area contributed by atoms with Crippen molar-refractivity contribution >= 4 is 15.8 Å². The minimum absolute atomic E-state index is 0.162. The molecule has 0 heterocycles. The molecule has 0 fully saturated rings. The topological polar surface area (TPSA) is 0 Å². The lowest BCUT2D eigenvalue weighted by Gasteiger charge is -2.33. The van der Waals surface area contributed by atoms with E-state index in [1.54, 1.807) is 18.5 Å². The summed E-state index contributed by atoms with van der Waals surface area (Å²) in [5.74, 6) is 2.61. The van der Waals surface area contributed by atoms with Gasteiger partial charge in [0.05, 0.1) is 0 Å². The summed E-state index contributed by atoms with van der Waals surface area (Å²) < 4.78 is 0. The summed E-state index contributed by atoms with van der Waals surface area (Å²) in [6, 6.07) is 0. The van der Waals surface area contributed by atoms with Gasteiger partial charge in [0.1, 0.15) is 0 Å². The number of rotatable bonds is 30. The van der Waals surface area contributed by atoms with Gasteiger partial charge in [-0.15, -0.1) is 15.8 Å². The molecule has 0 aromatic rings. The molecule has 0 saturated heterocycles. The van der Waals surface area contributed by atoms with E-state index in [0.29, 0.717) is 24.2 Å². The molecule has 2 heteroatoms. The van der Waals surface area contributed by atoms with E-state index < -0.39 is 0 Å². The van der Waals surface area contributed by atoms with Crippen LogP contribution < -0.4 is 0 Å². The molecular formula is C48H102P2. The van der Waals surface area contributed by atoms with E-state index >= 15 is 0 Å². The zero-order valence-corrected chi connectivity index (χ0v) is 40.0. The van der Waals surface area contributed by atoms with Gasteiger partial charge in [-0.3, -0.25) is 0 Å². The van der Waals surface area contributed by atoms with Crippen LogP contribution in [0, 0.1) is 34.0 Å². The van der Waals surface area contributed by atoms with Gasteiger partial charge < -0.3 is 0 Å². The normalized spacial score (nSPS) is 15.1. The van der Waals surface area contributed by atoms with E-state index in [1.165, 1.54) is 153 Å². The van der Waals surface area contributed by atoms with E-state index in [4.69, 9.17) is 0 Å². The first-order valence-electron chi connectivity index (χ1n) is 22.8. The lowest BCUT2D eigenvalue weighted by atomic mass is 9.86. The Labute approximate surface area is 324 Å². The van der Waals surface area contributed by atoms with Crippen LogP contribution in [0.15, 0.2) is 0 Å². The summed E-state index contributed by atoms with van der Waals surface area (Å²) in [6.07, 6.45) is 39.8. The van der Waals surface area contributed by atoms with Gasteiger partial charge in [-0.25, -0.2) is 0 Å². The van der Waals surface area contributed by atoms with Crippen LogP contribution in [0.2, 0.25) is 0 Å². The van der Waals surface area contributed by atoms with E-state index in [2.05, 4.69) is 104 Å². The maximum atomic E-state index is 2.50. The van der Waals surface area contributed by atoms with Crippen LogP contribution >= 0.6 is 15.8 Å². The second-order valence-corrected chi connectivity index (χ2v) is 26.1. The highest BCUT2D eigenvalue weighted by atomic mass is 31.1. The highest BCUT2D eigenvalue weighted by molar-refractivity contribution is 7.57. The molecule has 0 aromatic heterocycles. The monoisotopic (exact) mass is 741 g/mol. The maximum absolute atomic E-state index is 2.50. The van der Waals surface area contributed by atoms with Crippen LogP contribution in [-0.2, 0) is 0 Å². The second-order valence-electron chi connectivity index (χ2n) is 21.0. The molecule has 0 aliphatic heterocycles. The number of unbranched alkanes of at least 4 members (excludes halogenated alkanes) is 15. The van der Waals surface area contributed by atoms with E-state index in [9.17, 15) is 0 Å². The molecular weight excluding hydrogens is 638 g/mol. The summed E-state index contributed by atoms with van der Waals surface area (Å²) in [6.45, 7) is 36.1. The van der Waals surface area contributed by atoms with Crippen molar-refractivity contribution in [1.82, 2.24) is 0 Å². The lowest BCUT2D eigenvalue weighted by molar-refractivity contribution is 0.314. The summed E-state index contributed by atoms with van der Waals surface area (Å²) >= 11 is 0. The van der Waals surface area contributed by atoms with Crippen molar-refractivity contribution in [3.8, 4) is 0 Å². The van der Waals surface area contributed by atoms with Gasteiger partial charge in [0.2, 0.25) is 0 Å². The molecule has 0 amide bonds. The van der Waals surface area contributed by atoms with E-state index in [1.807, 2.05) is 0 Å². The van der Waals surface area contributed by atoms with Crippen molar-refractivity contribution in [2.24, 2.45) is 34.0 Å². The number of hydrogen-bond acceptors (Lipinski definition) is 0. The maximum Gasteiger partial charge on any atom is -0.0300 e. The zero-order valence-electron chi connectivity index (χ0n) is 38.2. The van der Waals surface area contributed by atoms with Gasteiger partial charge >= 0.3 is 0 Å². The average Bonchev–Trinajstić information content (AvgIpc) is 2.95. The second kappa shape index (κ2) is 32.1. The molecule has 0 aliphatic rings. The Morgan fingerprint density at radius 3 is 0.760 bits per heavy atom. The molecule has 0 N–H and O–H groups in total. The molecule has 0 aromatic carbocycles. The standard InChI is InChI=1S/2C24H51P/c1-19(13-22(4,5)6)16-25(17-20(2)14-23(7,8)9)18-21(3)15-24(10,11)12;1-4-7-10-13-16-19-22-25(23-20-17-14-11-8-5-2)24-21-18-15-12-9-6-3/h19-21H,13-18H2,1-12H3;4-24H2,1-3H3. The van der Waals surface area contributed by atoms with Gasteiger partial charge in [-0.1, -0.05) is 200 Å². The highest BCUT2D eigenvalue weighted by Crippen LogP contribution is 2.46. The van der Waals surface area contributed by atoms with Gasteiger partial charge in [-0.05, 0) is 109 Å². The third-order valence-electron chi connectivity index (χ3n) is 10.1. The Morgan fingerprint density at radius 1 is 0.320 bits per heavy atom. The number of hydrogen-bond donors (Lipinski definition) is 0. The molecule has 3 unspecified atom stereocenters. The Bertz CT molecular complexity index is 597. The van der Waals surface area contributed by atoms with Gasteiger partial charge in [0.25, 0.3) is 0 Å². The molecule has 50 heavy (non-hydrogen) atoms. The largest absolute Gasteiger partial charge is 0.107 e. The predicted molar refractivity (Wildman–Crippen MR) is 243 cm³/mol. The molecule has 0 bridgehead atoms. The van der Waals surface area contributed by atoms with Crippen molar-refractivity contribution in [2.45, 2.75) is 239 Å². The molecule has 0 nitrogen and oxygen atoms in total. The van der Waals surface area contributed by atoms with Crippen molar-refractivity contribution in [1.29, 1.82) is 0 Å². The SMILES string of the molecule is CC(CP(CC(C)CC(C)(C)C)CC(C)CC(C)(C)C)CC(C)(C)C.CCCCCCCCP(CCCCCCCC)CCCCCCCC. The molecule has 0 radical (unpaired) electrons. The molecule has 0 aliphatic carbocycles. The molecule has 0 spiro atoms. The fraction of sp³-hybridized carbons (Fsp3) is 1.00. The van der Waals surface area contributed by atoms with E-state index in [-0.39, 0.29) is 7.92 Å². The summed E-state index contributed by atoms with van der Waals surface area (Å²) in [7, 11) is 0.528. The van der Waals surface area contributed by atoms with Crippen LogP contribution in [0.3, 0.4) is 0 Å². The molecule has 0 saturated carbocycles. The predicted octanol–water partition coefficient (Wildman–Crippen LogP) is 18.2. The minimum atomic E-state index is 0.162. The van der Waals surface area contributed by atoms with E-state index in [0.717, 1.165) is 17.8 Å². The summed E-state index contributed by atoms with van der Waals surface area (Å²) in [5, 5.41) is 0. The highest BCUT2D eigenvalue weighted by Gasteiger charge is 2.25. The minimum Gasteiger partial charge on any atom is -0.107 e. The first-order chi connectivity index (χ1) is 23.3. The summed E-state index contributed by atoms with van der Waals surface area (Å²) in [5.41, 5.74) is 1.40. The Hall–Kier alpha value is 0.860. The molecule has 3 atom stereocenters. The fourth-order valence-corrected chi connectivity index (χ4v) is 14.7. The Balaban J connectivity index is 0. The summed E-state index contributed by atoms with van der Waals surface area (Å²) in [4.78, 5) is 0. The third-order valence-corrected chi connectivity index (χ3v) is 16.3. The smallest absolute Gasteiger partial charge is 0.0300 e. The van der Waals surface area contributed by atoms with Gasteiger partial charge in [-0.2, -0.15) is 0 Å². The first kappa shape index (κ1) is 53.0. The van der Waals surface area contributed by atoms with Crippen LogP contribution in [-0.4, -0.2) is 37.0 Å². The van der Waals surface area contributed by atoms with Crippen molar-refractivity contribution in [3.63, 3.8) is 0 Å². The van der Waals surface area contributed by atoms with Crippen LogP contribution in [0.1, 0.15) is 239 Å². The van der Waals surface area contributed by atoms with Crippen LogP contribution in [0.4, 0.5) is 0 Å². The average molecular weight is 741 g/mol. The lowest BCUT2D eigenvalue weighted by Crippen LogP contribution is -2.20. The fourth-order valence-electron chi connectivity index (χ4n) is 8.56. The molecule has 0 rings (SSSR count). The van der Waals surface area contributed by atoms with Gasteiger partial charge in [0, 0.05) is 0 Å².